The Hall–Kier alpha value is -1.75. The topological polar surface area (TPSA) is 75.4 Å². The van der Waals surface area contributed by atoms with Crippen LogP contribution in [0.2, 0.25) is 0 Å². The van der Waals surface area contributed by atoms with Crippen LogP contribution in [0.5, 0.6) is 0 Å². The van der Waals surface area contributed by atoms with Gasteiger partial charge >= 0.3 is 0 Å². The first-order valence-electron chi connectivity index (χ1n) is 8.00. The molecule has 1 aliphatic heterocycles. The smallest absolute Gasteiger partial charge is 0.227 e. The molecule has 1 aromatic carbocycles. The van der Waals surface area contributed by atoms with Gasteiger partial charge in [0, 0.05) is 31.2 Å². The zero-order chi connectivity index (χ0) is 15.9. The Morgan fingerprint density at radius 1 is 1.30 bits per heavy atom. The number of anilines is 1. The predicted octanol–water partition coefficient (Wildman–Crippen LogP) is 2.14. The summed E-state index contributed by atoms with van der Waals surface area (Å²) < 4.78 is 0. The molecule has 128 valence electrons. The van der Waals surface area contributed by atoms with Gasteiger partial charge in [-0.25, -0.2) is 0 Å². The number of hydrogen-bond donors (Lipinski definition) is 2. The number of nitrogens with zero attached hydrogens (tertiary/aromatic N) is 1. The van der Waals surface area contributed by atoms with E-state index in [-0.39, 0.29) is 30.3 Å². The predicted molar refractivity (Wildman–Crippen MR) is 94.5 cm³/mol. The lowest BCUT2D eigenvalue weighted by molar-refractivity contribution is -0.133. The summed E-state index contributed by atoms with van der Waals surface area (Å²) >= 11 is 0. The number of nitrogen functional groups attached to an aromatic ring is 1. The molecule has 1 aliphatic rings. The van der Waals surface area contributed by atoms with E-state index in [2.05, 4.69) is 5.32 Å². The molecule has 2 amide bonds. The third kappa shape index (κ3) is 6.10. The van der Waals surface area contributed by atoms with E-state index in [1.807, 2.05) is 36.1 Å². The summed E-state index contributed by atoms with van der Waals surface area (Å²) in [5.74, 6) is 0.194. The second kappa shape index (κ2) is 9.40. The monoisotopic (exact) mass is 339 g/mol. The minimum atomic E-state index is 0. The van der Waals surface area contributed by atoms with E-state index < -0.39 is 0 Å². The quantitative estimate of drug-likeness (QED) is 0.807. The molecule has 1 aromatic rings. The zero-order valence-electron chi connectivity index (χ0n) is 13.6. The van der Waals surface area contributed by atoms with Gasteiger partial charge in [0.2, 0.25) is 11.8 Å². The highest BCUT2D eigenvalue weighted by molar-refractivity contribution is 5.85. The van der Waals surface area contributed by atoms with Gasteiger partial charge in [-0.05, 0) is 37.0 Å². The van der Waals surface area contributed by atoms with Gasteiger partial charge in [0.05, 0.1) is 6.42 Å². The van der Waals surface area contributed by atoms with Crippen LogP contribution in [0.25, 0.3) is 0 Å². The van der Waals surface area contributed by atoms with Crippen LogP contribution in [0, 0.1) is 0 Å². The van der Waals surface area contributed by atoms with Crippen LogP contribution >= 0.6 is 12.4 Å². The fourth-order valence-corrected chi connectivity index (χ4v) is 2.77. The molecule has 1 heterocycles. The number of benzene rings is 1. The average Bonchev–Trinajstić information content (AvgIpc) is 2.50. The molecule has 0 spiro atoms. The Kier molecular flexibility index (Phi) is 7.89. The van der Waals surface area contributed by atoms with E-state index in [1.165, 1.54) is 0 Å². The highest BCUT2D eigenvalue weighted by Crippen LogP contribution is 2.13. The molecule has 1 unspecified atom stereocenters. The fraction of sp³-hybridized carbons (Fsp3) is 0.529. The number of carbonyl (C=O) groups is 2. The Labute approximate surface area is 144 Å². The number of piperidine rings is 1. The van der Waals surface area contributed by atoms with Crippen LogP contribution in [0.4, 0.5) is 5.69 Å². The molecule has 0 aromatic heterocycles. The summed E-state index contributed by atoms with van der Waals surface area (Å²) in [7, 11) is 0. The van der Waals surface area contributed by atoms with Gasteiger partial charge in [-0.2, -0.15) is 0 Å². The Bertz CT molecular complexity index is 519. The van der Waals surface area contributed by atoms with Crippen LogP contribution in [0.15, 0.2) is 24.3 Å². The van der Waals surface area contributed by atoms with Crippen molar-refractivity contribution in [3.8, 4) is 0 Å². The Morgan fingerprint density at radius 2 is 2.00 bits per heavy atom. The van der Waals surface area contributed by atoms with Gasteiger partial charge in [0.25, 0.3) is 0 Å². The Balaban J connectivity index is 0.00000264. The van der Waals surface area contributed by atoms with Crippen molar-refractivity contribution in [2.45, 2.75) is 45.1 Å². The lowest BCUT2D eigenvalue weighted by atomic mass is 10.0. The van der Waals surface area contributed by atoms with Gasteiger partial charge in [0.1, 0.15) is 0 Å². The molecule has 0 radical (unpaired) electrons. The molecular formula is C17H26ClN3O2. The molecule has 1 fully saturated rings. The first kappa shape index (κ1) is 19.3. The normalized spacial score (nSPS) is 17.3. The van der Waals surface area contributed by atoms with Gasteiger partial charge in [-0.15, -0.1) is 12.4 Å². The molecule has 3 N–H and O–H groups in total. The number of rotatable bonds is 5. The number of nitrogens with two attached hydrogens (primary N) is 1. The third-order valence-electron chi connectivity index (χ3n) is 3.95. The summed E-state index contributed by atoms with van der Waals surface area (Å²) in [6, 6.07) is 7.48. The maximum atomic E-state index is 12.4. The third-order valence-corrected chi connectivity index (χ3v) is 3.95. The maximum absolute atomic E-state index is 12.4. The summed E-state index contributed by atoms with van der Waals surface area (Å²) in [4.78, 5) is 25.9. The van der Waals surface area contributed by atoms with E-state index in [4.69, 9.17) is 5.73 Å². The summed E-state index contributed by atoms with van der Waals surface area (Å²) in [5.41, 5.74) is 7.32. The summed E-state index contributed by atoms with van der Waals surface area (Å²) in [6.45, 7) is 3.38. The van der Waals surface area contributed by atoms with Gasteiger partial charge in [-0.3, -0.25) is 9.59 Å². The highest BCUT2D eigenvalue weighted by atomic mass is 35.5. The Morgan fingerprint density at radius 3 is 2.65 bits per heavy atom. The molecule has 23 heavy (non-hydrogen) atoms. The van der Waals surface area contributed by atoms with Crippen LogP contribution in [0.1, 0.15) is 38.2 Å². The molecule has 0 bridgehead atoms. The lowest BCUT2D eigenvalue weighted by Crippen LogP contribution is -2.49. The number of amides is 2. The van der Waals surface area contributed by atoms with Crippen molar-refractivity contribution in [3.05, 3.63) is 29.8 Å². The molecule has 0 aliphatic carbocycles. The highest BCUT2D eigenvalue weighted by Gasteiger charge is 2.24. The number of nitrogens with one attached hydrogen (secondary N) is 1. The second-order valence-corrected chi connectivity index (χ2v) is 5.91. The molecular weight excluding hydrogens is 314 g/mol. The largest absolute Gasteiger partial charge is 0.399 e. The van der Waals surface area contributed by atoms with Gasteiger partial charge in [0.15, 0.2) is 0 Å². The number of likely N-dealkylation sites (tertiary alicyclic amines) is 1. The van der Waals surface area contributed by atoms with E-state index in [0.717, 1.165) is 31.4 Å². The van der Waals surface area contributed by atoms with E-state index in [0.29, 0.717) is 25.1 Å². The standard InChI is InChI=1S/C17H25N3O2.ClH/c1-2-4-16(21)19-15-5-3-10-20(12-15)17(22)11-13-6-8-14(18)9-7-13;/h6-9,15H,2-5,10-12,18H2,1H3,(H,19,21);1H. The van der Waals surface area contributed by atoms with E-state index in [9.17, 15) is 9.59 Å². The van der Waals surface area contributed by atoms with Gasteiger partial charge < -0.3 is 16.0 Å². The van der Waals surface area contributed by atoms with Crippen molar-refractivity contribution in [1.82, 2.24) is 10.2 Å². The summed E-state index contributed by atoms with van der Waals surface area (Å²) in [5, 5.41) is 3.03. The average molecular weight is 340 g/mol. The second-order valence-electron chi connectivity index (χ2n) is 5.91. The van der Waals surface area contributed by atoms with Crippen LogP contribution < -0.4 is 11.1 Å². The lowest BCUT2D eigenvalue weighted by Gasteiger charge is -2.33. The van der Waals surface area contributed by atoms with Crippen LogP contribution in [-0.2, 0) is 16.0 Å². The van der Waals surface area contributed by atoms with Gasteiger partial charge in [-0.1, -0.05) is 19.1 Å². The minimum Gasteiger partial charge on any atom is -0.399 e. The molecule has 2 rings (SSSR count). The van der Waals surface area contributed by atoms with Crippen molar-refractivity contribution in [1.29, 1.82) is 0 Å². The molecule has 1 saturated heterocycles. The van der Waals surface area contributed by atoms with E-state index in [1.54, 1.807) is 0 Å². The number of hydrogen-bond acceptors (Lipinski definition) is 3. The van der Waals surface area contributed by atoms with Crippen LogP contribution in [0.3, 0.4) is 0 Å². The van der Waals surface area contributed by atoms with Crippen molar-refractivity contribution in [3.63, 3.8) is 0 Å². The maximum Gasteiger partial charge on any atom is 0.227 e. The van der Waals surface area contributed by atoms with Crippen LogP contribution in [-0.4, -0.2) is 35.8 Å². The minimum absolute atomic E-state index is 0. The van der Waals surface area contributed by atoms with Crippen molar-refractivity contribution in [2.24, 2.45) is 0 Å². The number of carbonyl (C=O) groups excluding carboxylic acids is 2. The van der Waals surface area contributed by atoms with Crippen molar-refractivity contribution < 1.29 is 9.59 Å². The molecule has 0 saturated carbocycles. The first-order valence-corrected chi connectivity index (χ1v) is 8.00. The van der Waals surface area contributed by atoms with E-state index >= 15 is 0 Å². The van der Waals surface area contributed by atoms with Crippen molar-refractivity contribution >= 4 is 29.9 Å². The number of halogens is 1. The SMILES string of the molecule is CCCC(=O)NC1CCCN(C(=O)Cc2ccc(N)cc2)C1.Cl. The van der Waals surface area contributed by atoms with Crippen molar-refractivity contribution in [2.75, 3.05) is 18.8 Å². The fourth-order valence-electron chi connectivity index (χ4n) is 2.77. The molecule has 5 nitrogen and oxygen atoms in total. The zero-order valence-corrected chi connectivity index (χ0v) is 14.4. The molecule has 1 atom stereocenters. The summed E-state index contributed by atoms with van der Waals surface area (Å²) in [6.07, 6.45) is 3.66. The molecule has 6 heteroatoms. The first-order chi connectivity index (χ1) is 10.6.